The molecule has 2 fully saturated rings. The van der Waals surface area contributed by atoms with Crippen molar-refractivity contribution in [2.24, 2.45) is 11.3 Å². The van der Waals surface area contributed by atoms with Crippen LogP contribution < -0.4 is 10.1 Å². The van der Waals surface area contributed by atoms with Crippen LogP contribution in [0.4, 0.5) is 0 Å². The van der Waals surface area contributed by atoms with Crippen molar-refractivity contribution in [1.29, 1.82) is 0 Å². The van der Waals surface area contributed by atoms with E-state index in [0.717, 1.165) is 58.4 Å². The van der Waals surface area contributed by atoms with Crippen molar-refractivity contribution in [3.63, 3.8) is 0 Å². The highest BCUT2D eigenvalue weighted by molar-refractivity contribution is 7.12. The molecular formula is C28H30N2O4S. The third-order valence-corrected chi connectivity index (χ3v) is 8.69. The number of aromatic nitrogens is 1. The molecule has 0 unspecified atom stereocenters. The number of rotatable bonds is 7. The lowest BCUT2D eigenvalue weighted by Gasteiger charge is -2.56. The molecule has 7 heteroatoms. The summed E-state index contributed by atoms with van der Waals surface area (Å²) in [5.74, 6) is -0.308. The van der Waals surface area contributed by atoms with Gasteiger partial charge in [0.2, 0.25) is 5.88 Å². The van der Waals surface area contributed by atoms with E-state index in [4.69, 9.17) is 9.84 Å². The Bertz CT molecular complexity index is 1270. The molecule has 0 aliphatic heterocycles. The molecular weight excluding hydrogens is 460 g/mol. The van der Waals surface area contributed by atoms with E-state index in [2.05, 4.69) is 41.5 Å². The molecule has 0 bridgehead atoms. The average molecular weight is 491 g/mol. The zero-order valence-corrected chi connectivity index (χ0v) is 21.1. The monoisotopic (exact) mass is 490 g/mol. The second-order valence-electron chi connectivity index (χ2n) is 10.1. The van der Waals surface area contributed by atoms with Gasteiger partial charge in [0.15, 0.2) is 0 Å². The van der Waals surface area contributed by atoms with Crippen LogP contribution >= 0.6 is 11.3 Å². The molecule has 5 rings (SSSR count). The minimum absolute atomic E-state index is 0.00342. The van der Waals surface area contributed by atoms with E-state index in [9.17, 15) is 9.59 Å². The van der Waals surface area contributed by atoms with Crippen molar-refractivity contribution in [3.8, 4) is 17.0 Å². The van der Waals surface area contributed by atoms with Gasteiger partial charge in [0.05, 0.1) is 18.6 Å². The van der Waals surface area contributed by atoms with Gasteiger partial charge in [-0.05, 0) is 79.7 Å². The van der Waals surface area contributed by atoms with Gasteiger partial charge in [0.25, 0.3) is 5.91 Å². The molecule has 2 aromatic heterocycles. The molecule has 6 nitrogen and oxygen atoms in total. The van der Waals surface area contributed by atoms with Gasteiger partial charge in [-0.25, -0.2) is 4.98 Å². The lowest BCUT2D eigenvalue weighted by atomic mass is 9.50. The predicted molar refractivity (Wildman–Crippen MR) is 136 cm³/mol. The van der Waals surface area contributed by atoms with Crippen LogP contribution in [0.2, 0.25) is 0 Å². The zero-order valence-electron chi connectivity index (χ0n) is 20.3. The topological polar surface area (TPSA) is 88.5 Å². The molecule has 2 heterocycles. The van der Waals surface area contributed by atoms with Crippen LogP contribution in [-0.4, -0.2) is 35.1 Å². The average Bonchev–Trinajstić information content (AvgIpc) is 3.07. The molecule has 0 radical (unpaired) electrons. The number of hydrogen-bond acceptors (Lipinski definition) is 5. The van der Waals surface area contributed by atoms with Crippen molar-refractivity contribution in [2.45, 2.75) is 52.0 Å². The van der Waals surface area contributed by atoms with Crippen LogP contribution in [0.1, 0.15) is 56.9 Å². The molecule has 182 valence electrons. The largest absolute Gasteiger partial charge is 0.481 e. The Balaban J connectivity index is 1.26. The van der Waals surface area contributed by atoms with Crippen LogP contribution in [0.3, 0.4) is 0 Å². The number of nitrogens with one attached hydrogen (secondary N) is 1. The number of hydrogen-bond donors (Lipinski definition) is 2. The number of methoxy groups -OCH3 is 1. The lowest BCUT2D eigenvalue weighted by molar-refractivity contribution is -0.155. The van der Waals surface area contributed by atoms with Gasteiger partial charge in [-0.2, -0.15) is 0 Å². The number of carboxylic acid groups (broad SMARTS) is 1. The SMILES string of the molecule is COc1cc(-c2ccc(Cc3c(C)sc(C)c3C(=O)NC3CC4(C3)CC(C(=O)O)C4)cc2)ccn1. The summed E-state index contributed by atoms with van der Waals surface area (Å²) in [5, 5.41) is 12.4. The second-order valence-corrected chi connectivity index (χ2v) is 11.5. The number of aryl methyl sites for hydroxylation is 2. The Kier molecular flexibility index (Phi) is 6.13. The summed E-state index contributed by atoms with van der Waals surface area (Å²) in [6.07, 6.45) is 5.72. The van der Waals surface area contributed by atoms with Crippen molar-refractivity contribution in [3.05, 3.63) is 69.0 Å². The summed E-state index contributed by atoms with van der Waals surface area (Å²) in [6.45, 7) is 4.10. The smallest absolute Gasteiger partial charge is 0.306 e. The van der Waals surface area contributed by atoms with E-state index in [1.54, 1.807) is 24.6 Å². The Morgan fingerprint density at radius 2 is 1.80 bits per heavy atom. The fourth-order valence-electron chi connectivity index (χ4n) is 5.80. The number of pyridine rings is 1. The minimum Gasteiger partial charge on any atom is -0.481 e. The van der Waals surface area contributed by atoms with E-state index in [0.29, 0.717) is 12.3 Å². The van der Waals surface area contributed by atoms with Crippen LogP contribution in [0.5, 0.6) is 5.88 Å². The van der Waals surface area contributed by atoms with Crippen molar-refractivity contribution < 1.29 is 19.4 Å². The number of ether oxygens (including phenoxy) is 1. The predicted octanol–water partition coefficient (Wildman–Crippen LogP) is 5.40. The van der Waals surface area contributed by atoms with Crippen molar-refractivity contribution >= 4 is 23.2 Å². The van der Waals surface area contributed by atoms with Crippen LogP contribution in [0.25, 0.3) is 11.1 Å². The maximum atomic E-state index is 13.3. The number of carbonyl (C=O) groups is 2. The number of aliphatic carboxylic acids is 1. The first-order chi connectivity index (χ1) is 16.8. The molecule has 2 saturated carbocycles. The molecule has 2 N–H and O–H groups in total. The molecule has 1 aromatic carbocycles. The Morgan fingerprint density at radius 3 is 2.46 bits per heavy atom. The number of nitrogens with zero attached hydrogens (tertiary/aromatic N) is 1. The summed E-state index contributed by atoms with van der Waals surface area (Å²) < 4.78 is 5.23. The van der Waals surface area contributed by atoms with Gasteiger partial charge < -0.3 is 15.2 Å². The van der Waals surface area contributed by atoms with Gasteiger partial charge in [-0.1, -0.05) is 24.3 Å². The maximum Gasteiger partial charge on any atom is 0.306 e. The number of carbonyl (C=O) groups excluding carboxylic acids is 1. The first-order valence-corrected chi connectivity index (χ1v) is 12.8. The number of amides is 1. The molecule has 1 amide bonds. The molecule has 2 aliphatic carbocycles. The van der Waals surface area contributed by atoms with E-state index in [1.807, 2.05) is 19.1 Å². The van der Waals surface area contributed by atoms with E-state index in [-0.39, 0.29) is 23.3 Å². The minimum atomic E-state index is -0.689. The van der Waals surface area contributed by atoms with Gasteiger partial charge in [0.1, 0.15) is 0 Å². The van der Waals surface area contributed by atoms with Crippen LogP contribution in [-0.2, 0) is 11.2 Å². The summed E-state index contributed by atoms with van der Waals surface area (Å²) >= 11 is 1.67. The summed E-state index contributed by atoms with van der Waals surface area (Å²) in [5.41, 5.74) is 5.32. The standard InChI is InChI=1S/C28H30N2O4S/c1-16-23(10-18-4-6-19(7-5-18)20-8-9-29-24(11-20)34-3)25(17(2)35-16)26(31)30-22-14-28(15-22)12-21(13-28)27(32)33/h4-9,11,21-22H,10,12-15H2,1-3H3,(H,30,31)(H,32,33). The highest BCUT2D eigenvalue weighted by Gasteiger charge is 2.55. The first-order valence-electron chi connectivity index (χ1n) is 12.0. The van der Waals surface area contributed by atoms with Gasteiger partial charge in [0, 0.05) is 28.1 Å². The van der Waals surface area contributed by atoms with E-state index >= 15 is 0 Å². The van der Waals surface area contributed by atoms with Gasteiger partial charge in [-0.15, -0.1) is 11.3 Å². The van der Waals surface area contributed by atoms with E-state index in [1.165, 1.54) is 4.88 Å². The second kappa shape index (κ2) is 9.11. The van der Waals surface area contributed by atoms with Crippen molar-refractivity contribution in [1.82, 2.24) is 10.3 Å². The maximum absolute atomic E-state index is 13.3. The summed E-state index contributed by atoms with van der Waals surface area (Å²) in [7, 11) is 1.61. The quantitative estimate of drug-likeness (QED) is 0.463. The highest BCUT2D eigenvalue weighted by Crippen LogP contribution is 2.58. The first kappa shape index (κ1) is 23.5. The Labute approximate surface area is 209 Å². The summed E-state index contributed by atoms with van der Waals surface area (Å²) in [4.78, 5) is 30.8. The van der Waals surface area contributed by atoms with Gasteiger partial charge >= 0.3 is 5.97 Å². The molecule has 2 aliphatic rings. The van der Waals surface area contributed by atoms with Gasteiger partial charge in [-0.3, -0.25) is 9.59 Å². The van der Waals surface area contributed by atoms with Crippen LogP contribution in [0.15, 0.2) is 42.6 Å². The molecule has 1 spiro atoms. The lowest BCUT2D eigenvalue weighted by Crippen LogP contribution is -2.57. The van der Waals surface area contributed by atoms with Crippen LogP contribution in [0, 0.1) is 25.2 Å². The molecule has 35 heavy (non-hydrogen) atoms. The van der Waals surface area contributed by atoms with Crippen molar-refractivity contribution in [2.75, 3.05) is 7.11 Å². The highest BCUT2D eigenvalue weighted by atomic mass is 32.1. The zero-order chi connectivity index (χ0) is 24.7. The normalized spacial score (nSPS) is 22.8. The Morgan fingerprint density at radius 1 is 1.09 bits per heavy atom. The third kappa shape index (κ3) is 4.57. The summed E-state index contributed by atoms with van der Waals surface area (Å²) in [6, 6.07) is 12.4. The number of carboxylic acids is 1. The van der Waals surface area contributed by atoms with E-state index < -0.39 is 5.97 Å². The number of benzene rings is 1. The fourth-order valence-corrected chi connectivity index (χ4v) is 6.87. The fraction of sp³-hybridized carbons (Fsp3) is 0.393. The molecule has 0 saturated heterocycles. The molecule has 0 atom stereocenters. The molecule has 3 aromatic rings. The third-order valence-electron chi connectivity index (χ3n) is 7.63. The Hall–Kier alpha value is -3.19. The number of thiophene rings is 1.